The number of aryl methyl sites for hydroxylation is 1. The van der Waals surface area contributed by atoms with Crippen molar-refractivity contribution in [1.29, 1.82) is 0 Å². The number of likely N-dealkylation sites (tertiary alicyclic amines) is 2. The molecule has 0 saturated carbocycles. The van der Waals surface area contributed by atoms with Crippen LogP contribution in [0.15, 0.2) is 36.5 Å². The van der Waals surface area contributed by atoms with Crippen LogP contribution in [-0.2, 0) is 4.74 Å². The molecule has 0 aliphatic carbocycles. The molecule has 0 amide bonds. The van der Waals surface area contributed by atoms with Gasteiger partial charge >= 0.3 is 0 Å². The summed E-state index contributed by atoms with van der Waals surface area (Å²) in [5, 5.41) is 0.718. The van der Waals surface area contributed by atoms with Gasteiger partial charge in [-0.15, -0.1) is 0 Å². The van der Waals surface area contributed by atoms with E-state index in [0.29, 0.717) is 5.92 Å². The number of rotatable bonds is 5. The Morgan fingerprint density at radius 1 is 1.00 bits per heavy atom. The van der Waals surface area contributed by atoms with Gasteiger partial charge in [-0.3, -0.25) is 14.3 Å². The Bertz CT molecular complexity index is 1140. The van der Waals surface area contributed by atoms with Crippen molar-refractivity contribution in [3.63, 3.8) is 0 Å². The molecule has 2 fully saturated rings. The number of imidazole rings is 1. The number of piperidine rings is 2. The molecule has 6 nitrogen and oxygen atoms in total. The van der Waals surface area contributed by atoms with E-state index in [9.17, 15) is 0 Å². The second kappa shape index (κ2) is 9.94. The Balaban J connectivity index is 1.50. The van der Waals surface area contributed by atoms with Crippen molar-refractivity contribution >= 4 is 17.2 Å². The zero-order chi connectivity index (χ0) is 23.8. The molecule has 3 aromatic rings. The summed E-state index contributed by atoms with van der Waals surface area (Å²) in [7, 11) is 6.21. The number of nitrogens with zero attached hydrogens (tertiary/aromatic N) is 5. The molecule has 3 atom stereocenters. The van der Waals surface area contributed by atoms with Crippen LogP contribution < -0.4 is 0 Å². The van der Waals surface area contributed by atoms with Gasteiger partial charge < -0.3 is 9.64 Å². The summed E-state index contributed by atoms with van der Waals surface area (Å²) in [6.07, 6.45) is 7.43. The fourth-order valence-electron chi connectivity index (χ4n) is 6.05. The van der Waals surface area contributed by atoms with Crippen LogP contribution in [0.2, 0.25) is 5.15 Å². The van der Waals surface area contributed by atoms with Crippen LogP contribution in [0.25, 0.3) is 5.65 Å². The minimum Gasteiger partial charge on any atom is -0.375 e. The zero-order valence-corrected chi connectivity index (χ0v) is 21.5. The van der Waals surface area contributed by atoms with E-state index in [2.05, 4.69) is 59.5 Å². The van der Waals surface area contributed by atoms with Gasteiger partial charge in [-0.25, -0.2) is 4.98 Å². The zero-order valence-electron chi connectivity index (χ0n) is 20.7. The normalized spacial score (nSPS) is 24.0. The smallest absolute Gasteiger partial charge is 0.138 e. The van der Waals surface area contributed by atoms with Crippen molar-refractivity contribution in [2.45, 2.75) is 57.2 Å². The third-order valence-electron chi connectivity index (χ3n) is 8.00. The van der Waals surface area contributed by atoms with E-state index < -0.39 is 0 Å². The molecule has 7 heteroatoms. The second-order valence-corrected chi connectivity index (χ2v) is 10.4. The maximum Gasteiger partial charge on any atom is 0.138 e. The van der Waals surface area contributed by atoms with Crippen molar-refractivity contribution in [2.24, 2.45) is 5.92 Å². The van der Waals surface area contributed by atoms with Gasteiger partial charge in [0.2, 0.25) is 0 Å². The molecule has 2 aliphatic heterocycles. The Kier molecular flexibility index (Phi) is 6.94. The van der Waals surface area contributed by atoms with Gasteiger partial charge in [0.1, 0.15) is 16.9 Å². The molecule has 0 N–H and O–H groups in total. The highest BCUT2D eigenvalue weighted by atomic mass is 35.5. The first kappa shape index (κ1) is 23.7. The van der Waals surface area contributed by atoms with Crippen LogP contribution in [-0.4, -0.2) is 58.5 Å². The maximum atomic E-state index is 7.14. The molecule has 2 aliphatic rings. The fourth-order valence-corrected chi connectivity index (χ4v) is 6.41. The average Bonchev–Trinajstić information content (AvgIpc) is 3.18. The molecular formula is C27H36ClN5O. The van der Waals surface area contributed by atoms with E-state index in [4.69, 9.17) is 26.3 Å². The molecule has 0 radical (unpaired) electrons. The van der Waals surface area contributed by atoms with Crippen LogP contribution in [0.3, 0.4) is 0 Å². The SMILES string of the molecule is CO[C@H](c1cccc2nc([C@H]3CCC[C@@H](c4ncccc4C)N3C)c(Cl)n12)C1CCN(C)CC1. The predicted molar refractivity (Wildman–Crippen MR) is 136 cm³/mol. The molecule has 182 valence electrons. The summed E-state index contributed by atoms with van der Waals surface area (Å²) >= 11 is 7.14. The highest BCUT2D eigenvalue weighted by molar-refractivity contribution is 6.30. The van der Waals surface area contributed by atoms with Crippen molar-refractivity contribution in [3.05, 3.63) is 64.3 Å². The highest BCUT2D eigenvalue weighted by Gasteiger charge is 2.35. The Hall–Kier alpha value is -1.99. The van der Waals surface area contributed by atoms with E-state index >= 15 is 0 Å². The standard InChI is InChI=1S/C27H36ClN5O/c1-18-8-7-15-29-24(18)20-9-5-10-21(32(20)3)25-27(28)33-22(11-6-12-23(33)30-25)26(34-4)19-13-16-31(2)17-14-19/h6-8,11-12,15,19-21,26H,5,9-10,13-14,16-17H2,1-4H3/t20-,21+,26-/m0/s1. The topological polar surface area (TPSA) is 45.9 Å². The number of halogens is 1. The minimum absolute atomic E-state index is 0.00459. The van der Waals surface area contributed by atoms with E-state index in [1.165, 1.54) is 5.56 Å². The third kappa shape index (κ3) is 4.26. The van der Waals surface area contributed by atoms with Crippen molar-refractivity contribution in [1.82, 2.24) is 24.2 Å². The first-order valence-corrected chi connectivity index (χ1v) is 12.9. The Labute approximate surface area is 207 Å². The molecule has 34 heavy (non-hydrogen) atoms. The summed E-state index contributed by atoms with van der Waals surface area (Å²) in [6, 6.07) is 10.9. The molecular weight excluding hydrogens is 446 g/mol. The van der Waals surface area contributed by atoms with Crippen molar-refractivity contribution < 1.29 is 4.74 Å². The number of hydrogen-bond donors (Lipinski definition) is 0. The van der Waals surface area contributed by atoms with Crippen molar-refractivity contribution in [3.8, 4) is 0 Å². The molecule has 0 spiro atoms. The lowest BCUT2D eigenvalue weighted by Crippen LogP contribution is -2.34. The largest absolute Gasteiger partial charge is 0.375 e. The van der Waals surface area contributed by atoms with Crippen LogP contribution in [0, 0.1) is 12.8 Å². The minimum atomic E-state index is 0.00459. The van der Waals surface area contributed by atoms with Gasteiger partial charge in [0, 0.05) is 13.3 Å². The number of methoxy groups -OCH3 is 1. The first-order valence-electron chi connectivity index (χ1n) is 12.5. The van der Waals surface area contributed by atoms with E-state index in [-0.39, 0.29) is 18.2 Å². The van der Waals surface area contributed by atoms with Gasteiger partial charge in [0.05, 0.1) is 29.2 Å². The fraction of sp³-hybridized carbons (Fsp3) is 0.556. The lowest BCUT2D eigenvalue weighted by molar-refractivity contribution is 0.0206. The molecule has 5 rings (SSSR count). The quantitative estimate of drug-likeness (QED) is 0.473. The monoisotopic (exact) mass is 481 g/mol. The van der Waals surface area contributed by atoms with Crippen LogP contribution >= 0.6 is 11.6 Å². The molecule has 2 saturated heterocycles. The highest BCUT2D eigenvalue weighted by Crippen LogP contribution is 2.43. The Morgan fingerprint density at radius 3 is 2.44 bits per heavy atom. The van der Waals surface area contributed by atoms with Crippen LogP contribution in [0.4, 0.5) is 0 Å². The van der Waals surface area contributed by atoms with E-state index in [0.717, 1.165) is 73.1 Å². The molecule has 5 heterocycles. The molecule has 0 bridgehead atoms. The van der Waals surface area contributed by atoms with Gasteiger partial charge in [-0.2, -0.15) is 0 Å². The van der Waals surface area contributed by atoms with Gasteiger partial charge in [0.25, 0.3) is 0 Å². The van der Waals surface area contributed by atoms with Crippen LogP contribution in [0.5, 0.6) is 0 Å². The number of ether oxygens (including phenoxy) is 1. The second-order valence-electron chi connectivity index (χ2n) is 10.1. The first-order chi connectivity index (χ1) is 16.5. The number of fused-ring (bicyclic) bond motifs is 1. The van der Waals surface area contributed by atoms with Gasteiger partial charge in [0.15, 0.2) is 0 Å². The Morgan fingerprint density at radius 2 is 1.74 bits per heavy atom. The number of hydrogen-bond acceptors (Lipinski definition) is 5. The lowest BCUT2D eigenvalue weighted by atomic mass is 9.89. The summed E-state index contributed by atoms with van der Waals surface area (Å²) in [5.41, 5.74) is 5.38. The maximum absolute atomic E-state index is 7.14. The van der Waals surface area contributed by atoms with E-state index in [1.54, 1.807) is 0 Å². The third-order valence-corrected chi connectivity index (χ3v) is 8.36. The predicted octanol–water partition coefficient (Wildman–Crippen LogP) is 5.62. The molecule has 0 aromatic carbocycles. The summed E-state index contributed by atoms with van der Waals surface area (Å²) in [6.45, 7) is 4.35. The summed E-state index contributed by atoms with van der Waals surface area (Å²) < 4.78 is 8.23. The van der Waals surface area contributed by atoms with Crippen molar-refractivity contribution in [2.75, 3.05) is 34.3 Å². The van der Waals surface area contributed by atoms with Gasteiger partial charge in [-0.1, -0.05) is 23.7 Å². The summed E-state index contributed by atoms with van der Waals surface area (Å²) in [4.78, 5) is 14.6. The lowest BCUT2D eigenvalue weighted by Gasteiger charge is -2.39. The number of pyridine rings is 2. The average molecular weight is 482 g/mol. The van der Waals surface area contributed by atoms with Gasteiger partial charge in [-0.05, 0) is 95.9 Å². The van der Waals surface area contributed by atoms with Crippen LogP contribution in [0.1, 0.15) is 72.9 Å². The summed E-state index contributed by atoms with van der Waals surface area (Å²) in [5.74, 6) is 0.475. The molecule has 0 unspecified atom stereocenters. The number of aromatic nitrogens is 3. The van der Waals surface area contributed by atoms with E-state index in [1.807, 2.05) is 19.4 Å². The molecule has 3 aromatic heterocycles.